The van der Waals surface area contributed by atoms with Crippen molar-refractivity contribution >= 4 is 5.91 Å². The molecule has 0 spiro atoms. The number of nitrogens with one attached hydrogen (secondary N) is 1. The molecular formula is C20H30N2O2. The number of benzene rings is 1. The van der Waals surface area contributed by atoms with E-state index in [4.69, 9.17) is 4.74 Å². The fraction of sp³-hybridized carbons (Fsp3) is 0.650. The van der Waals surface area contributed by atoms with Crippen molar-refractivity contribution in [2.75, 3.05) is 27.2 Å². The topological polar surface area (TPSA) is 41.6 Å². The van der Waals surface area contributed by atoms with Gasteiger partial charge in [0.25, 0.3) is 0 Å². The van der Waals surface area contributed by atoms with Crippen molar-refractivity contribution in [2.45, 2.75) is 51.0 Å². The van der Waals surface area contributed by atoms with Crippen molar-refractivity contribution in [1.29, 1.82) is 0 Å². The fourth-order valence-corrected chi connectivity index (χ4v) is 3.95. The summed E-state index contributed by atoms with van der Waals surface area (Å²) in [4.78, 5) is 14.4. The van der Waals surface area contributed by atoms with Gasteiger partial charge < -0.3 is 15.0 Å². The lowest BCUT2D eigenvalue weighted by Gasteiger charge is -2.25. The van der Waals surface area contributed by atoms with E-state index in [2.05, 4.69) is 42.5 Å². The van der Waals surface area contributed by atoms with Crippen molar-refractivity contribution in [1.82, 2.24) is 10.2 Å². The van der Waals surface area contributed by atoms with Crippen LogP contribution in [0, 0.1) is 5.92 Å². The van der Waals surface area contributed by atoms with E-state index in [1.807, 2.05) is 0 Å². The maximum absolute atomic E-state index is 12.2. The average molecular weight is 330 g/mol. The van der Waals surface area contributed by atoms with Crippen molar-refractivity contribution < 1.29 is 9.53 Å². The van der Waals surface area contributed by atoms with Gasteiger partial charge in [-0.25, -0.2) is 0 Å². The predicted molar refractivity (Wildman–Crippen MR) is 96.3 cm³/mol. The molecule has 1 atom stereocenters. The summed E-state index contributed by atoms with van der Waals surface area (Å²) in [6.45, 7) is 1.44. The highest BCUT2D eigenvalue weighted by molar-refractivity contribution is 5.75. The molecule has 132 valence electrons. The van der Waals surface area contributed by atoms with E-state index in [0.717, 1.165) is 31.1 Å². The number of nitrogens with zero attached hydrogens (tertiary/aromatic N) is 1. The van der Waals surface area contributed by atoms with E-state index in [9.17, 15) is 4.79 Å². The summed E-state index contributed by atoms with van der Waals surface area (Å²) in [6.07, 6.45) is 8.01. The lowest BCUT2D eigenvalue weighted by atomic mass is 10.0. The van der Waals surface area contributed by atoms with Crippen LogP contribution in [0.25, 0.3) is 0 Å². The Hall–Kier alpha value is -1.55. The van der Waals surface area contributed by atoms with Crippen LogP contribution in [0.5, 0.6) is 5.75 Å². The van der Waals surface area contributed by atoms with Crippen LogP contribution in [0.4, 0.5) is 0 Å². The van der Waals surface area contributed by atoms with Gasteiger partial charge in [0, 0.05) is 19.4 Å². The van der Waals surface area contributed by atoms with Crippen LogP contribution in [-0.4, -0.2) is 38.1 Å². The number of hydrogen-bond donors (Lipinski definition) is 1. The summed E-state index contributed by atoms with van der Waals surface area (Å²) >= 11 is 0. The van der Waals surface area contributed by atoms with E-state index in [1.165, 1.54) is 36.8 Å². The molecular weight excluding hydrogens is 300 g/mol. The summed E-state index contributed by atoms with van der Waals surface area (Å²) in [5, 5.41) is 3.14. The Morgan fingerprint density at radius 2 is 2.12 bits per heavy atom. The zero-order valence-corrected chi connectivity index (χ0v) is 15.0. The molecule has 1 fully saturated rings. The highest BCUT2D eigenvalue weighted by Gasteiger charge is 2.20. The molecule has 1 unspecified atom stereocenters. The number of fused-ring (bicyclic) bond motifs is 1. The number of carbonyl (C=O) groups is 1. The van der Waals surface area contributed by atoms with Gasteiger partial charge in [0.1, 0.15) is 5.75 Å². The Morgan fingerprint density at radius 1 is 1.33 bits per heavy atom. The fourth-order valence-electron chi connectivity index (χ4n) is 3.95. The van der Waals surface area contributed by atoms with E-state index >= 15 is 0 Å². The maximum atomic E-state index is 12.2. The normalized spacial score (nSPS) is 18.5. The standard InChI is InChI=1S/C20H30N2O2/c1-22(2)18(16-8-9-19-17(13-16)11-12-24-19)14-21-20(23)10-7-15-5-3-4-6-15/h8-9,13,15,18H,3-7,10-12,14H2,1-2H3,(H,21,23). The second kappa shape index (κ2) is 8.02. The lowest BCUT2D eigenvalue weighted by molar-refractivity contribution is -0.121. The first-order chi connectivity index (χ1) is 11.6. The molecule has 1 saturated carbocycles. The van der Waals surface area contributed by atoms with Crippen LogP contribution < -0.4 is 10.1 Å². The Kier molecular flexibility index (Phi) is 5.77. The number of likely N-dealkylation sites (N-methyl/N-ethyl adjacent to an activating group) is 1. The number of hydrogen-bond acceptors (Lipinski definition) is 3. The number of ether oxygens (including phenoxy) is 1. The van der Waals surface area contributed by atoms with Gasteiger partial charge >= 0.3 is 0 Å². The van der Waals surface area contributed by atoms with Crippen LogP contribution in [-0.2, 0) is 11.2 Å². The predicted octanol–water partition coefficient (Wildman–Crippen LogP) is 3.31. The Bertz CT molecular complexity index is 565. The largest absolute Gasteiger partial charge is 0.493 e. The minimum absolute atomic E-state index is 0.193. The smallest absolute Gasteiger partial charge is 0.220 e. The monoisotopic (exact) mass is 330 g/mol. The van der Waals surface area contributed by atoms with Gasteiger partial charge in [-0.05, 0) is 43.6 Å². The lowest BCUT2D eigenvalue weighted by Crippen LogP contribution is -2.34. The van der Waals surface area contributed by atoms with Crippen LogP contribution in [0.2, 0.25) is 0 Å². The second-order valence-electron chi connectivity index (χ2n) is 7.44. The minimum Gasteiger partial charge on any atom is -0.493 e. The van der Waals surface area contributed by atoms with Crippen molar-refractivity contribution in [2.24, 2.45) is 5.92 Å². The molecule has 1 aliphatic carbocycles. The van der Waals surface area contributed by atoms with E-state index < -0.39 is 0 Å². The van der Waals surface area contributed by atoms with Crippen molar-refractivity contribution in [3.63, 3.8) is 0 Å². The third-order valence-corrected chi connectivity index (χ3v) is 5.47. The SMILES string of the molecule is CN(C)C(CNC(=O)CCC1CCCC1)c1ccc2c(c1)CCO2. The zero-order valence-electron chi connectivity index (χ0n) is 15.0. The number of rotatable bonds is 7. The number of carbonyl (C=O) groups excluding carboxylic acids is 1. The molecule has 1 amide bonds. The first kappa shape index (κ1) is 17.3. The third-order valence-electron chi connectivity index (χ3n) is 5.47. The Labute approximate surface area is 145 Å². The second-order valence-corrected chi connectivity index (χ2v) is 7.44. The van der Waals surface area contributed by atoms with E-state index in [0.29, 0.717) is 13.0 Å². The van der Waals surface area contributed by atoms with Gasteiger partial charge in [0.2, 0.25) is 5.91 Å². The first-order valence-corrected chi connectivity index (χ1v) is 9.32. The molecule has 24 heavy (non-hydrogen) atoms. The molecule has 2 aliphatic rings. The number of amides is 1. The van der Waals surface area contributed by atoms with Crippen LogP contribution >= 0.6 is 0 Å². The van der Waals surface area contributed by atoms with Gasteiger partial charge in [-0.3, -0.25) is 4.79 Å². The molecule has 0 radical (unpaired) electrons. The zero-order chi connectivity index (χ0) is 16.9. The maximum Gasteiger partial charge on any atom is 0.220 e. The molecule has 1 N–H and O–H groups in total. The molecule has 3 rings (SSSR count). The minimum atomic E-state index is 0.193. The van der Waals surface area contributed by atoms with Gasteiger partial charge in [0.05, 0.1) is 12.6 Å². The molecule has 1 heterocycles. The molecule has 0 saturated heterocycles. The van der Waals surface area contributed by atoms with E-state index in [1.54, 1.807) is 0 Å². The third kappa shape index (κ3) is 4.29. The highest BCUT2D eigenvalue weighted by Crippen LogP contribution is 2.30. The Balaban J connectivity index is 1.53. The van der Waals surface area contributed by atoms with Crippen LogP contribution in [0.3, 0.4) is 0 Å². The summed E-state index contributed by atoms with van der Waals surface area (Å²) in [6, 6.07) is 6.62. The van der Waals surface area contributed by atoms with E-state index in [-0.39, 0.29) is 11.9 Å². The average Bonchev–Trinajstić information content (AvgIpc) is 3.23. The molecule has 4 nitrogen and oxygen atoms in total. The highest BCUT2D eigenvalue weighted by atomic mass is 16.5. The van der Waals surface area contributed by atoms with Crippen molar-refractivity contribution in [3.8, 4) is 5.75 Å². The summed E-state index contributed by atoms with van der Waals surface area (Å²) in [5.74, 6) is 1.98. The van der Waals surface area contributed by atoms with Gasteiger partial charge in [-0.1, -0.05) is 37.8 Å². The first-order valence-electron chi connectivity index (χ1n) is 9.32. The molecule has 1 aromatic rings. The summed E-state index contributed by atoms with van der Waals surface area (Å²) in [5.41, 5.74) is 2.53. The molecule has 4 heteroatoms. The van der Waals surface area contributed by atoms with Crippen LogP contribution in [0.15, 0.2) is 18.2 Å². The molecule has 1 aliphatic heterocycles. The summed E-state index contributed by atoms with van der Waals surface area (Å²) in [7, 11) is 4.14. The Morgan fingerprint density at radius 3 is 2.88 bits per heavy atom. The van der Waals surface area contributed by atoms with Gasteiger partial charge in [-0.15, -0.1) is 0 Å². The molecule has 0 aromatic heterocycles. The van der Waals surface area contributed by atoms with Crippen LogP contribution in [0.1, 0.15) is 55.7 Å². The quantitative estimate of drug-likeness (QED) is 0.834. The molecule has 1 aromatic carbocycles. The summed E-state index contributed by atoms with van der Waals surface area (Å²) < 4.78 is 5.59. The van der Waals surface area contributed by atoms with Crippen molar-refractivity contribution in [3.05, 3.63) is 29.3 Å². The van der Waals surface area contributed by atoms with Gasteiger partial charge in [-0.2, -0.15) is 0 Å². The van der Waals surface area contributed by atoms with Gasteiger partial charge in [0.15, 0.2) is 0 Å². The molecule has 0 bridgehead atoms.